The van der Waals surface area contributed by atoms with Crippen molar-refractivity contribution < 1.29 is 9.66 Å². The van der Waals surface area contributed by atoms with Gasteiger partial charge in [0.05, 0.1) is 16.8 Å². The molecule has 124 valence electrons. The van der Waals surface area contributed by atoms with Crippen LogP contribution in [0.2, 0.25) is 5.15 Å². The number of nitrogens with two attached hydrogens (primary N) is 1. The number of ether oxygens (including phenoxy) is 1. The van der Waals surface area contributed by atoms with Gasteiger partial charge in [-0.2, -0.15) is 0 Å². The Morgan fingerprint density at radius 1 is 1.26 bits per heavy atom. The lowest BCUT2D eigenvalue weighted by Crippen LogP contribution is -2.19. The number of pyridine rings is 2. The minimum atomic E-state index is -0.524. The topological polar surface area (TPSA) is 107 Å². The number of hydrogen-bond donors (Lipinski definition) is 1. The van der Waals surface area contributed by atoms with Gasteiger partial charge < -0.3 is 15.4 Å². The maximum absolute atomic E-state index is 10.0. The van der Waals surface area contributed by atoms with Gasteiger partial charge >= 0.3 is 0 Å². The molecule has 0 atom stereocenters. The van der Waals surface area contributed by atoms with Crippen LogP contribution in [-0.2, 0) is 0 Å². The molecule has 9 heteroatoms. The summed E-state index contributed by atoms with van der Waals surface area (Å²) in [5, 5.41) is 10.3. The number of rotatable bonds is 5. The molecule has 23 heavy (non-hydrogen) atoms. The molecule has 8 nitrogen and oxygen atoms in total. The number of halogens is 1. The highest BCUT2D eigenvalue weighted by atomic mass is 35.5. The average Bonchev–Trinajstić information content (AvgIpc) is 2.50. The molecule has 2 aromatic rings. The molecule has 2 N–H and O–H groups in total. The summed E-state index contributed by atoms with van der Waals surface area (Å²) >= 11 is 5.38. The zero-order valence-electron chi connectivity index (χ0n) is 12.8. The van der Waals surface area contributed by atoms with Crippen molar-refractivity contribution in [3.8, 4) is 5.88 Å². The minimum Gasteiger partial charge on any atom is -0.476 e. The summed E-state index contributed by atoms with van der Waals surface area (Å²) in [6, 6.07) is 6.22. The molecule has 2 rings (SSSR count). The molecule has 2 aromatic heterocycles. The maximum atomic E-state index is 10.0. The molecule has 0 unspecified atom stereocenters. The Morgan fingerprint density at radius 3 is 2.48 bits per heavy atom. The van der Waals surface area contributed by atoms with Gasteiger partial charge in [0.25, 0.3) is 5.69 Å². The summed E-state index contributed by atoms with van der Waals surface area (Å²) in [6.45, 7) is 1.52. The second-order valence-corrected chi connectivity index (χ2v) is 5.06. The van der Waals surface area contributed by atoms with Gasteiger partial charge in [-0.1, -0.05) is 11.6 Å². The molecule has 2 heterocycles. The molecule has 0 bridgehead atoms. The monoisotopic (exact) mass is 339 g/mol. The lowest BCUT2D eigenvalue weighted by atomic mass is 10.4. The van der Waals surface area contributed by atoms with E-state index in [-0.39, 0.29) is 10.8 Å². The highest BCUT2D eigenvalue weighted by Crippen LogP contribution is 2.11. The summed E-state index contributed by atoms with van der Waals surface area (Å²) in [5.74, 6) is 0.621. The molecule has 0 saturated carbocycles. The van der Waals surface area contributed by atoms with E-state index < -0.39 is 4.92 Å². The van der Waals surface area contributed by atoms with Crippen molar-refractivity contribution in [1.29, 1.82) is 0 Å². The Kier molecular flexibility index (Phi) is 7.72. The van der Waals surface area contributed by atoms with E-state index in [0.29, 0.717) is 18.2 Å². The fourth-order valence-corrected chi connectivity index (χ4v) is 1.40. The van der Waals surface area contributed by atoms with Gasteiger partial charge in [0, 0.05) is 18.7 Å². The van der Waals surface area contributed by atoms with Gasteiger partial charge in [0.2, 0.25) is 5.88 Å². The van der Waals surface area contributed by atoms with Gasteiger partial charge in [-0.3, -0.25) is 10.1 Å². The number of likely N-dealkylation sites (N-methyl/N-ethyl adjacent to an activating group) is 1. The van der Waals surface area contributed by atoms with Crippen LogP contribution in [0.15, 0.2) is 36.7 Å². The predicted octanol–water partition coefficient (Wildman–Crippen LogP) is 2.25. The van der Waals surface area contributed by atoms with Crippen LogP contribution in [0.25, 0.3) is 0 Å². The third kappa shape index (κ3) is 7.93. The summed E-state index contributed by atoms with van der Waals surface area (Å²) in [4.78, 5) is 19.1. The van der Waals surface area contributed by atoms with Crippen molar-refractivity contribution in [2.45, 2.75) is 0 Å². The normalized spacial score (nSPS) is 9.91. The van der Waals surface area contributed by atoms with Crippen molar-refractivity contribution in [3.05, 3.63) is 51.9 Å². The predicted molar refractivity (Wildman–Crippen MR) is 88.6 cm³/mol. The van der Waals surface area contributed by atoms with E-state index in [4.69, 9.17) is 22.1 Å². The highest BCUT2D eigenvalue weighted by Gasteiger charge is 2.02. The molecule has 0 amide bonds. The Labute approximate surface area is 139 Å². The maximum Gasteiger partial charge on any atom is 0.287 e. The second-order valence-electron chi connectivity index (χ2n) is 4.68. The Balaban J connectivity index is 0.000000238. The number of hydrogen-bond acceptors (Lipinski definition) is 7. The number of aromatic nitrogens is 2. The molecule has 0 aliphatic heterocycles. The molecule has 0 radical (unpaired) electrons. The number of nitrogen functional groups attached to an aromatic ring is 1. The van der Waals surface area contributed by atoms with E-state index in [9.17, 15) is 10.1 Å². The van der Waals surface area contributed by atoms with Crippen molar-refractivity contribution in [2.24, 2.45) is 0 Å². The van der Waals surface area contributed by atoms with E-state index in [1.165, 1.54) is 12.1 Å². The lowest BCUT2D eigenvalue weighted by Gasteiger charge is -2.09. The van der Waals surface area contributed by atoms with Crippen LogP contribution in [-0.4, -0.2) is 47.0 Å². The molecular weight excluding hydrogens is 322 g/mol. The molecule has 0 saturated heterocycles. The van der Waals surface area contributed by atoms with Gasteiger partial charge in [-0.25, -0.2) is 9.97 Å². The smallest absolute Gasteiger partial charge is 0.287 e. The van der Waals surface area contributed by atoms with Crippen LogP contribution in [0.5, 0.6) is 5.88 Å². The van der Waals surface area contributed by atoms with Gasteiger partial charge in [0.15, 0.2) is 0 Å². The summed E-state index contributed by atoms with van der Waals surface area (Å²) < 4.78 is 5.36. The van der Waals surface area contributed by atoms with Crippen LogP contribution in [0.1, 0.15) is 0 Å². The summed E-state index contributed by atoms with van der Waals surface area (Å²) in [7, 11) is 4.00. The van der Waals surface area contributed by atoms with Crippen LogP contribution >= 0.6 is 11.6 Å². The first-order valence-corrected chi connectivity index (χ1v) is 7.01. The molecule has 0 fully saturated rings. The number of anilines is 1. The Morgan fingerprint density at radius 2 is 2.00 bits per heavy atom. The summed E-state index contributed by atoms with van der Waals surface area (Å²) in [6.07, 6.45) is 2.70. The van der Waals surface area contributed by atoms with E-state index in [1.54, 1.807) is 18.3 Å². The van der Waals surface area contributed by atoms with Crippen LogP contribution in [0.4, 0.5) is 11.4 Å². The number of nitro groups is 1. The quantitative estimate of drug-likeness (QED) is 0.505. The lowest BCUT2D eigenvalue weighted by molar-refractivity contribution is -0.385. The van der Waals surface area contributed by atoms with E-state index in [0.717, 1.165) is 12.7 Å². The Hall–Kier alpha value is -2.45. The molecule has 0 aromatic carbocycles. The highest BCUT2D eigenvalue weighted by molar-refractivity contribution is 6.29. The first kappa shape index (κ1) is 18.6. The fraction of sp³-hybridized carbons (Fsp3) is 0.286. The first-order valence-electron chi connectivity index (χ1n) is 6.63. The van der Waals surface area contributed by atoms with Crippen molar-refractivity contribution in [1.82, 2.24) is 14.9 Å². The van der Waals surface area contributed by atoms with Gasteiger partial charge in [0.1, 0.15) is 18.0 Å². The van der Waals surface area contributed by atoms with E-state index in [1.807, 2.05) is 14.1 Å². The first-order chi connectivity index (χ1) is 10.9. The van der Waals surface area contributed by atoms with Crippen molar-refractivity contribution in [3.63, 3.8) is 0 Å². The fourth-order valence-electron chi connectivity index (χ4n) is 1.29. The van der Waals surface area contributed by atoms with Crippen molar-refractivity contribution >= 4 is 23.0 Å². The second kappa shape index (κ2) is 9.54. The minimum absolute atomic E-state index is 0.0515. The van der Waals surface area contributed by atoms with Crippen LogP contribution in [0, 0.1) is 10.1 Å². The zero-order valence-corrected chi connectivity index (χ0v) is 13.6. The zero-order chi connectivity index (χ0) is 17.2. The SMILES string of the molecule is CN(C)CCOc1ccc(N)cn1.O=[N+]([O-])c1ccc(Cl)nc1. The van der Waals surface area contributed by atoms with Crippen molar-refractivity contribution in [2.75, 3.05) is 33.0 Å². The van der Waals surface area contributed by atoms with Crippen LogP contribution < -0.4 is 10.5 Å². The Bertz CT molecular complexity index is 605. The number of nitrogens with zero attached hydrogens (tertiary/aromatic N) is 4. The third-order valence-electron chi connectivity index (χ3n) is 2.47. The third-order valence-corrected chi connectivity index (χ3v) is 2.69. The molecule has 0 spiro atoms. The molecule has 0 aliphatic carbocycles. The standard InChI is InChI=1S/C9H15N3O.C5H3ClN2O2/c1-12(2)5-6-13-9-4-3-8(10)7-11-9;6-5-2-1-4(3-7-5)8(9)10/h3-4,7H,5-6,10H2,1-2H3;1-3H. The van der Waals surface area contributed by atoms with Gasteiger partial charge in [-0.15, -0.1) is 0 Å². The van der Waals surface area contributed by atoms with Crippen LogP contribution in [0.3, 0.4) is 0 Å². The molecular formula is C14H18ClN5O3. The van der Waals surface area contributed by atoms with E-state index in [2.05, 4.69) is 14.9 Å². The summed E-state index contributed by atoms with van der Waals surface area (Å²) in [5.41, 5.74) is 6.08. The largest absolute Gasteiger partial charge is 0.476 e. The average molecular weight is 340 g/mol. The van der Waals surface area contributed by atoms with Gasteiger partial charge in [-0.05, 0) is 26.2 Å². The molecule has 0 aliphatic rings. The van der Waals surface area contributed by atoms with E-state index >= 15 is 0 Å².